The van der Waals surface area contributed by atoms with Crippen LogP contribution in [0.4, 0.5) is 0 Å². The van der Waals surface area contributed by atoms with E-state index in [9.17, 15) is 0 Å². The predicted octanol–water partition coefficient (Wildman–Crippen LogP) is 7.53. The molecule has 0 saturated carbocycles. The maximum absolute atomic E-state index is 6.40. The van der Waals surface area contributed by atoms with Crippen LogP contribution in [0.3, 0.4) is 0 Å². The third kappa shape index (κ3) is 1.78. The quantitative estimate of drug-likeness (QED) is 0.293. The minimum absolute atomic E-state index is 0.121. The summed E-state index contributed by atoms with van der Waals surface area (Å²) < 4.78 is 6.40. The van der Waals surface area contributed by atoms with Crippen molar-refractivity contribution in [1.82, 2.24) is 4.98 Å². The Labute approximate surface area is 167 Å². The molecule has 0 amide bonds. The molecular weight excluding hydrogens is 354 g/mol. The molecule has 7 rings (SSSR count). The molecule has 2 aromatic heterocycles. The van der Waals surface area contributed by atoms with Crippen LogP contribution in [0.2, 0.25) is 0 Å². The van der Waals surface area contributed by atoms with Crippen LogP contribution in [-0.4, -0.2) is 4.98 Å². The van der Waals surface area contributed by atoms with E-state index in [2.05, 4.69) is 85.6 Å². The number of benzene rings is 4. The smallest absolute Gasteiger partial charge is 0.140 e. The number of hydrogen-bond acceptors (Lipinski definition) is 1. The molecule has 6 aromatic rings. The SMILES string of the molecule is CC1(C)c2cc3[nH]c4ccccc4c3cc2-c2ccc3c(oc4ccccc43)c21. The summed E-state index contributed by atoms with van der Waals surface area (Å²) in [6.45, 7) is 4.64. The average molecular weight is 373 g/mol. The summed E-state index contributed by atoms with van der Waals surface area (Å²) in [5.74, 6) is 0. The van der Waals surface area contributed by atoms with Crippen molar-refractivity contribution in [3.8, 4) is 11.1 Å². The number of H-pyrrole nitrogens is 1. The van der Waals surface area contributed by atoms with Crippen molar-refractivity contribution in [3.05, 3.63) is 83.9 Å². The molecule has 29 heavy (non-hydrogen) atoms. The maximum Gasteiger partial charge on any atom is 0.140 e. The summed E-state index contributed by atoms with van der Waals surface area (Å²) in [4.78, 5) is 3.61. The van der Waals surface area contributed by atoms with Gasteiger partial charge >= 0.3 is 0 Å². The van der Waals surface area contributed by atoms with Gasteiger partial charge in [-0.2, -0.15) is 0 Å². The van der Waals surface area contributed by atoms with E-state index in [4.69, 9.17) is 4.42 Å². The highest BCUT2D eigenvalue weighted by Gasteiger charge is 2.39. The van der Waals surface area contributed by atoms with Crippen LogP contribution in [0.15, 0.2) is 77.2 Å². The molecule has 2 heteroatoms. The molecule has 2 nitrogen and oxygen atoms in total. The zero-order valence-electron chi connectivity index (χ0n) is 16.3. The molecule has 0 bridgehead atoms. The minimum Gasteiger partial charge on any atom is -0.456 e. The summed E-state index contributed by atoms with van der Waals surface area (Å²) in [5, 5.41) is 4.96. The van der Waals surface area contributed by atoms with Crippen molar-refractivity contribution in [3.63, 3.8) is 0 Å². The lowest BCUT2D eigenvalue weighted by Gasteiger charge is -2.21. The summed E-state index contributed by atoms with van der Waals surface area (Å²) >= 11 is 0. The van der Waals surface area contributed by atoms with Gasteiger partial charge in [-0.05, 0) is 47.0 Å². The van der Waals surface area contributed by atoms with Crippen LogP contribution in [0.1, 0.15) is 25.0 Å². The Morgan fingerprint density at radius 2 is 1.48 bits per heavy atom. The number of aromatic nitrogens is 1. The molecular formula is C27H19NO. The number of para-hydroxylation sites is 2. The van der Waals surface area contributed by atoms with E-state index in [0.717, 1.165) is 11.2 Å². The van der Waals surface area contributed by atoms with Gasteiger partial charge in [-0.25, -0.2) is 0 Å². The van der Waals surface area contributed by atoms with Gasteiger partial charge in [0.2, 0.25) is 0 Å². The number of nitrogens with one attached hydrogen (secondary N) is 1. The molecule has 1 aliphatic rings. The van der Waals surface area contributed by atoms with Crippen LogP contribution in [-0.2, 0) is 5.41 Å². The lowest BCUT2D eigenvalue weighted by atomic mass is 9.81. The second kappa shape index (κ2) is 4.90. The second-order valence-corrected chi connectivity index (χ2v) is 8.70. The van der Waals surface area contributed by atoms with Crippen molar-refractivity contribution in [2.24, 2.45) is 0 Å². The lowest BCUT2D eigenvalue weighted by molar-refractivity contribution is 0.620. The fourth-order valence-electron chi connectivity index (χ4n) is 5.41. The summed E-state index contributed by atoms with van der Waals surface area (Å²) in [5.41, 5.74) is 9.54. The molecule has 0 atom stereocenters. The molecule has 0 radical (unpaired) electrons. The molecule has 0 saturated heterocycles. The van der Waals surface area contributed by atoms with Gasteiger partial charge in [-0.15, -0.1) is 0 Å². The highest BCUT2D eigenvalue weighted by atomic mass is 16.3. The highest BCUT2D eigenvalue weighted by molar-refractivity contribution is 6.12. The number of furan rings is 1. The summed E-state index contributed by atoms with van der Waals surface area (Å²) in [7, 11) is 0. The van der Waals surface area contributed by atoms with E-state index in [-0.39, 0.29) is 5.41 Å². The molecule has 1 N–H and O–H groups in total. The van der Waals surface area contributed by atoms with Crippen molar-refractivity contribution in [2.75, 3.05) is 0 Å². The predicted molar refractivity (Wildman–Crippen MR) is 121 cm³/mol. The topological polar surface area (TPSA) is 28.9 Å². The van der Waals surface area contributed by atoms with Crippen molar-refractivity contribution >= 4 is 43.7 Å². The van der Waals surface area contributed by atoms with Gasteiger partial charge in [0, 0.05) is 43.6 Å². The van der Waals surface area contributed by atoms with E-state index >= 15 is 0 Å². The first-order chi connectivity index (χ1) is 14.1. The molecule has 2 heterocycles. The first-order valence-corrected chi connectivity index (χ1v) is 10.1. The zero-order valence-corrected chi connectivity index (χ0v) is 16.3. The molecule has 0 unspecified atom stereocenters. The Bertz CT molecular complexity index is 1630. The van der Waals surface area contributed by atoms with E-state index in [0.29, 0.717) is 0 Å². The fraction of sp³-hybridized carbons (Fsp3) is 0.111. The number of fused-ring (bicyclic) bond motifs is 10. The van der Waals surface area contributed by atoms with E-state index in [1.165, 1.54) is 54.8 Å². The Morgan fingerprint density at radius 3 is 2.38 bits per heavy atom. The number of hydrogen-bond donors (Lipinski definition) is 1. The molecule has 0 fully saturated rings. The molecule has 1 aliphatic carbocycles. The third-order valence-electron chi connectivity index (χ3n) is 6.78. The van der Waals surface area contributed by atoms with Crippen LogP contribution < -0.4 is 0 Å². The normalized spacial score (nSPS) is 14.8. The first-order valence-electron chi connectivity index (χ1n) is 10.1. The largest absolute Gasteiger partial charge is 0.456 e. The van der Waals surface area contributed by atoms with Gasteiger partial charge in [-0.1, -0.05) is 56.3 Å². The molecule has 0 aliphatic heterocycles. The lowest BCUT2D eigenvalue weighted by Crippen LogP contribution is -2.15. The molecule has 0 spiro atoms. The monoisotopic (exact) mass is 373 g/mol. The highest BCUT2D eigenvalue weighted by Crippen LogP contribution is 2.53. The molecule has 4 aromatic carbocycles. The summed E-state index contributed by atoms with van der Waals surface area (Å²) in [6, 6.07) is 26.1. The van der Waals surface area contributed by atoms with E-state index in [1.807, 2.05) is 6.07 Å². The van der Waals surface area contributed by atoms with Crippen LogP contribution >= 0.6 is 0 Å². The van der Waals surface area contributed by atoms with Gasteiger partial charge in [0.15, 0.2) is 0 Å². The van der Waals surface area contributed by atoms with Gasteiger partial charge in [-0.3, -0.25) is 0 Å². The van der Waals surface area contributed by atoms with Crippen LogP contribution in [0.25, 0.3) is 54.9 Å². The van der Waals surface area contributed by atoms with Gasteiger partial charge in [0.1, 0.15) is 11.2 Å². The average Bonchev–Trinajstić information content (AvgIpc) is 3.35. The van der Waals surface area contributed by atoms with Crippen molar-refractivity contribution in [2.45, 2.75) is 19.3 Å². The van der Waals surface area contributed by atoms with E-state index in [1.54, 1.807) is 0 Å². The van der Waals surface area contributed by atoms with Crippen LogP contribution in [0, 0.1) is 0 Å². The van der Waals surface area contributed by atoms with Crippen molar-refractivity contribution in [1.29, 1.82) is 0 Å². The Hall–Kier alpha value is -3.52. The van der Waals surface area contributed by atoms with E-state index < -0.39 is 0 Å². The second-order valence-electron chi connectivity index (χ2n) is 8.70. The fourth-order valence-corrected chi connectivity index (χ4v) is 5.41. The number of aromatic amines is 1. The Kier molecular flexibility index (Phi) is 2.60. The Morgan fingerprint density at radius 1 is 0.690 bits per heavy atom. The van der Waals surface area contributed by atoms with Gasteiger partial charge in [0.05, 0.1) is 0 Å². The maximum atomic E-state index is 6.40. The standard InChI is InChI=1S/C27H19NO/c1-27(2)21-14-23-20(15-7-3-5-9-22(15)28-23)13-19(21)17-11-12-18-16-8-4-6-10-24(16)29-26(18)25(17)27/h3-14,28H,1-2H3. The zero-order chi connectivity index (χ0) is 19.3. The first kappa shape index (κ1) is 15.4. The minimum atomic E-state index is -0.121. The van der Waals surface area contributed by atoms with Gasteiger partial charge < -0.3 is 9.40 Å². The third-order valence-corrected chi connectivity index (χ3v) is 6.78. The molecule has 138 valence electrons. The Balaban J connectivity index is 1.63. The van der Waals surface area contributed by atoms with Crippen LogP contribution in [0.5, 0.6) is 0 Å². The van der Waals surface area contributed by atoms with Crippen molar-refractivity contribution < 1.29 is 4.42 Å². The number of rotatable bonds is 0. The van der Waals surface area contributed by atoms with Gasteiger partial charge in [0.25, 0.3) is 0 Å². The summed E-state index contributed by atoms with van der Waals surface area (Å²) in [6.07, 6.45) is 0.